The van der Waals surface area contributed by atoms with E-state index in [9.17, 15) is 5.26 Å². The van der Waals surface area contributed by atoms with Gasteiger partial charge in [-0.2, -0.15) is 10.4 Å². The molecule has 0 fully saturated rings. The fourth-order valence-corrected chi connectivity index (χ4v) is 3.09. The Bertz CT molecular complexity index is 1000. The zero-order chi connectivity index (χ0) is 18.3. The van der Waals surface area contributed by atoms with Crippen molar-refractivity contribution >= 4 is 5.82 Å². The van der Waals surface area contributed by atoms with E-state index >= 15 is 0 Å². The second-order valence-corrected chi connectivity index (χ2v) is 6.11. The molecular weight excluding hydrogens is 314 g/mol. The highest BCUT2D eigenvalue weighted by atomic mass is 15.3. The smallest absolute Gasteiger partial charge is 0.142 e. The van der Waals surface area contributed by atoms with Crippen molar-refractivity contribution in [3.05, 3.63) is 34.5 Å². The van der Waals surface area contributed by atoms with Crippen LogP contribution in [0.1, 0.15) is 35.4 Å². The lowest BCUT2D eigenvalue weighted by Gasteiger charge is -2.09. The van der Waals surface area contributed by atoms with Gasteiger partial charge in [-0.3, -0.25) is 4.68 Å². The molecule has 0 spiro atoms. The molecule has 0 bridgehead atoms. The Balaban J connectivity index is 2.30. The number of nitrogen functional groups attached to an aromatic ring is 1. The molecule has 3 aromatic rings. The van der Waals surface area contributed by atoms with E-state index in [2.05, 4.69) is 26.1 Å². The van der Waals surface area contributed by atoms with Gasteiger partial charge in [0.05, 0.1) is 17.1 Å². The van der Waals surface area contributed by atoms with Gasteiger partial charge in [0.2, 0.25) is 0 Å². The maximum Gasteiger partial charge on any atom is 0.142 e. The summed E-state index contributed by atoms with van der Waals surface area (Å²) in [4.78, 5) is 12.3. The van der Waals surface area contributed by atoms with Crippen LogP contribution in [-0.2, 0) is 13.5 Å². The molecule has 0 aliphatic carbocycles. The van der Waals surface area contributed by atoms with Gasteiger partial charge in [0, 0.05) is 36.0 Å². The molecule has 0 aliphatic heterocycles. The van der Waals surface area contributed by atoms with Gasteiger partial charge in [-0.1, -0.05) is 6.92 Å². The number of aryl methyl sites for hydroxylation is 4. The van der Waals surface area contributed by atoms with Gasteiger partial charge in [-0.15, -0.1) is 0 Å². The average Bonchev–Trinajstić information content (AvgIpc) is 3.06. The van der Waals surface area contributed by atoms with E-state index in [4.69, 9.17) is 5.73 Å². The Hall–Kier alpha value is -3.14. The van der Waals surface area contributed by atoms with Gasteiger partial charge in [-0.25, -0.2) is 9.97 Å². The lowest BCUT2D eigenvalue weighted by Crippen LogP contribution is -2.01. The Morgan fingerprint density at radius 2 is 2.00 bits per heavy atom. The number of imidazole rings is 1. The highest BCUT2D eigenvalue weighted by molar-refractivity contribution is 5.80. The third-order valence-corrected chi connectivity index (χ3v) is 4.45. The van der Waals surface area contributed by atoms with Crippen molar-refractivity contribution in [3.8, 4) is 28.6 Å². The topological polar surface area (TPSA) is 109 Å². The molecule has 0 atom stereocenters. The molecule has 0 saturated heterocycles. The van der Waals surface area contributed by atoms with E-state index in [0.29, 0.717) is 16.8 Å². The summed E-state index contributed by atoms with van der Waals surface area (Å²) in [6, 6.07) is 4.05. The molecule has 3 N–H and O–H groups in total. The molecule has 3 aromatic heterocycles. The monoisotopic (exact) mass is 335 g/mol. The SMILES string of the molecule is CCc1nc(-c2cc(-c3c(C)nn(C)c3C)nc(N)c2C#N)c(C)[nH]1. The first-order chi connectivity index (χ1) is 11.9. The van der Waals surface area contributed by atoms with Crippen molar-refractivity contribution in [1.82, 2.24) is 24.7 Å². The summed E-state index contributed by atoms with van der Waals surface area (Å²) < 4.78 is 1.81. The second-order valence-electron chi connectivity index (χ2n) is 6.11. The third kappa shape index (κ3) is 2.66. The number of H-pyrrole nitrogens is 1. The molecule has 0 amide bonds. The fourth-order valence-electron chi connectivity index (χ4n) is 3.09. The summed E-state index contributed by atoms with van der Waals surface area (Å²) in [6.07, 6.45) is 0.789. The Morgan fingerprint density at radius 1 is 1.28 bits per heavy atom. The molecule has 0 aromatic carbocycles. The lowest BCUT2D eigenvalue weighted by atomic mass is 10.0. The number of nitriles is 1. The van der Waals surface area contributed by atoms with Gasteiger partial charge in [0.25, 0.3) is 0 Å². The van der Waals surface area contributed by atoms with Crippen LogP contribution in [0.5, 0.6) is 0 Å². The molecule has 7 heteroatoms. The van der Waals surface area contributed by atoms with E-state index in [1.54, 1.807) is 0 Å². The van der Waals surface area contributed by atoms with Gasteiger partial charge in [-0.05, 0) is 26.8 Å². The number of nitrogens with one attached hydrogen (secondary N) is 1. The largest absolute Gasteiger partial charge is 0.383 e. The number of hydrogen-bond acceptors (Lipinski definition) is 5. The zero-order valence-corrected chi connectivity index (χ0v) is 15.1. The van der Waals surface area contributed by atoms with Crippen LogP contribution in [0, 0.1) is 32.1 Å². The molecule has 128 valence electrons. The Labute approximate surface area is 146 Å². The number of pyridine rings is 1. The van der Waals surface area contributed by atoms with Gasteiger partial charge in [0.1, 0.15) is 23.3 Å². The van der Waals surface area contributed by atoms with Crippen molar-refractivity contribution in [2.24, 2.45) is 7.05 Å². The quantitative estimate of drug-likeness (QED) is 0.765. The first-order valence-electron chi connectivity index (χ1n) is 8.14. The Morgan fingerprint density at radius 3 is 2.52 bits per heavy atom. The highest BCUT2D eigenvalue weighted by Crippen LogP contribution is 2.34. The molecule has 3 heterocycles. The first kappa shape index (κ1) is 16.7. The standard InChI is InChI=1S/C18H21N7/c1-6-15-21-10(3)17(23-15)12-7-14(22-18(20)13(12)8-19)16-9(2)24-25(5)11(16)4/h7H,6H2,1-5H3,(H2,20,22)(H,21,23). The molecule has 0 aliphatic rings. The highest BCUT2D eigenvalue weighted by Gasteiger charge is 2.20. The van der Waals surface area contributed by atoms with Crippen molar-refractivity contribution in [1.29, 1.82) is 5.26 Å². The maximum absolute atomic E-state index is 9.57. The number of nitrogens with zero attached hydrogens (tertiary/aromatic N) is 5. The van der Waals surface area contributed by atoms with Crippen molar-refractivity contribution < 1.29 is 0 Å². The van der Waals surface area contributed by atoms with Crippen LogP contribution in [0.15, 0.2) is 6.07 Å². The van der Waals surface area contributed by atoms with E-state index in [1.165, 1.54) is 0 Å². The summed E-state index contributed by atoms with van der Waals surface area (Å²) in [6.45, 7) is 7.90. The maximum atomic E-state index is 9.57. The van der Waals surface area contributed by atoms with Crippen LogP contribution < -0.4 is 5.73 Å². The lowest BCUT2D eigenvalue weighted by molar-refractivity contribution is 0.731. The van der Waals surface area contributed by atoms with Crippen molar-refractivity contribution in [2.45, 2.75) is 34.1 Å². The van der Waals surface area contributed by atoms with Crippen LogP contribution in [0.3, 0.4) is 0 Å². The van der Waals surface area contributed by atoms with E-state index in [-0.39, 0.29) is 5.82 Å². The number of aromatic amines is 1. The minimum atomic E-state index is 0.207. The Kier molecular flexibility index (Phi) is 4.05. The molecule has 0 saturated carbocycles. The van der Waals surface area contributed by atoms with Crippen LogP contribution in [0.4, 0.5) is 5.82 Å². The summed E-state index contributed by atoms with van der Waals surface area (Å²) in [7, 11) is 1.89. The number of anilines is 1. The summed E-state index contributed by atoms with van der Waals surface area (Å²) >= 11 is 0. The van der Waals surface area contributed by atoms with E-state index in [0.717, 1.165) is 40.6 Å². The molecular formula is C18H21N7. The zero-order valence-electron chi connectivity index (χ0n) is 15.1. The molecule has 7 nitrogen and oxygen atoms in total. The normalized spacial score (nSPS) is 10.9. The van der Waals surface area contributed by atoms with E-state index in [1.807, 2.05) is 45.5 Å². The third-order valence-electron chi connectivity index (χ3n) is 4.45. The summed E-state index contributed by atoms with van der Waals surface area (Å²) in [5.41, 5.74) is 12.3. The summed E-state index contributed by atoms with van der Waals surface area (Å²) in [5, 5.41) is 14.0. The van der Waals surface area contributed by atoms with Crippen LogP contribution in [0.2, 0.25) is 0 Å². The minimum Gasteiger partial charge on any atom is -0.383 e. The van der Waals surface area contributed by atoms with Gasteiger partial charge < -0.3 is 10.7 Å². The molecule has 0 unspecified atom stereocenters. The van der Waals surface area contributed by atoms with E-state index < -0.39 is 0 Å². The second kappa shape index (κ2) is 6.06. The fraction of sp³-hybridized carbons (Fsp3) is 0.333. The molecule has 0 radical (unpaired) electrons. The predicted octanol–water partition coefficient (Wildman–Crippen LogP) is 2.81. The number of hydrogen-bond donors (Lipinski definition) is 2. The predicted molar refractivity (Wildman–Crippen MR) is 96.7 cm³/mol. The van der Waals surface area contributed by atoms with Crippen LogP contribution in [0.25, 0.3) is 22.5 Å². The van der Waals surface area contributed by atoms with Gasteiger partial charge in [0.15, 0.2) is 0 Å². The number of nitrogens with two attached hydrogens (primary N) is 1. The number of aromatic nitrogens is 5. The van der Waals surface area contributed by atoms with Crippen molar-refractivity contribution in [2.75, 3.05) is 5.73 Å². The summed E-state index contributed by atoms with van der Waals surface area (Å²) in [5.74, 6) is 1.08. The molecule has 3 rings (SSSR count). The molecule has 25 heavy (non-hydrogen) atoms. The first-order valence-corrected chi connectivity index (χ1v) is 8.14. The van der Waals surface area contributed by atoms with Gasteiger partial charge >= 0.3 is 0 Å². The van der Waals surface area contributed by atoms with Crippen LogP contribution in [-0.4, -0.2) is 24.7 Å². The van der Waals surface area contributed by atoms with Crippen LogP contribution >= 0.6 is 0 Å². The van der Waals surface area contributed by atoms with Crippen molar-refractivity contribution in [3.63, 3.8) is 0 Å². The minimum absolute atomic E-state index is 0.207. The average molecular weight is 335 g/mol. The number of rotatable bonds is 3.